The first-order valence-corrected chi connectivity index (χ1v) is 11.7. The topological polar surface area (TPSA) is 103 Å². The molecule has 0 aliphatic carbocycles. The summed E-state index contributed by atoms with van der Waals surface area (Å²) in [7, 11) is 1.43. The Labute approximate surface area is 211 Å². The molecule has 2 aliphatic heterocycles. The zero-order chi connectivity index (χ0) is 25.6. The van der Waals surface area contributed by atoms with Crippen LogP contribution in [0.3, 0.4) is 0 Å². The number of para-hydroxylation sites is 1. The van der Waals surface area contributed by atoms with Crippen LogP contribution in [-0.4, -0.2) is 30.0 Å². The van der Waals surface area contributed by atoms with Crippen molar-refractivity contribution in [2.45, 2.75) is 37.1 Å². The van der Waals surface area contributed by atoms with E-state index in [4.69, 9.17) is 21.1 Å². The van der Waals surface area contributed by atoms with Crippen molar-refractivity contribution in [2.75, 3.05) is 12.4 Å². The van der Waals surface area contributed by atoms with Crippen LogP contribution in [0, 0.1) is 15.9 Å². The molecule has 1 amide bonds. The molecule has 0 radical (unpaired) electrons. The van der Waals surface area contributed by atoms with Crippen molar-refractivity contribution in [1.29, 1.82) is 0 Å². The Bertz CT molecular complexity index is 1370. The second-order valence-electron chi connectivity index (χ2n) is 8.91. The van der Waals surface area contributed by atoms with E-state index >= 15 is 0 Å². The minimum absolute atomic E-state index is 0.0823. The Balaban J connectivity index is 1.54. The smallest absolute Gasteiger partial charge is 0.256 e. The number of nitrogens with one attached hydrogen (secondary N) is 2. The average Bonchev–Trinajstić information content (AvgIpc) is 3.32. The molecule has 1 saturated heterocycles. The highest BCUT2D eigenvalue weighted by atomic mass is 35.5. The van der Waals surface area contributed by atoms with E-state index < -0.39 is 40.2 Å². The Morgan fingerprint density at radius 3 is 2.61 bits per heavy atom. The van der Waals surface area contributed by atoms with Crippen molar-refractivity contribution in [2.24, 2.45) is 0 Å². The van der Waals surface area contributed by atoms with E-state index in [1.54, 1.807) is 61.5 Å². The average molecular weight is 512 g/mol. The fraction of sp³-hybridized carbons (Fsp3) is 0.269. The molecule has 4 atom stereocenters. The lowest BCUT2D eigenvalue weighted by atomic mass is 9.78. The van der Waals surface area contributed by atoms with Crippen LogP contribution in [-0.2, 0) is 16.9 Å². The molecule has 0 bridgehead atoms. The highest BCUT2D eigenvalue weighted by molar-refractivity contribution is 6.32. The number of methoxy groups -OCH3 is 1. The van der Waals surface area contributed by atoms with Crippen molar-refractivity contribution in [3.63, 3.8) is 0 Å². The van der Waals surface area contributed by atoms with Crippen molar-refractivity contribution >= 4 is 23.2 Å². The number of ether oxygens (including phenoxy) is 2. The van der Waals surface area contributed by atoms with Gasteiger partial charge in [0.15, 0.2) is 17.0 Å². The second-order valence-corrected chi connectivity index (χ2v) is 9.32. The summed E-state index contributed by atoms with van der Waals surface area (Å²) < 4.78 is 25.3. The predicted molar refractivity (Wildman–Crippen MR) is 132 cm³/mol. The van der Waals surface area contributed by atoms with Gasteiger partial charge in [-0.1, -0.05) is 48.0 Å². The Kier molecular flexibility index (Phi) is 6.05. The van der Waals surface area contributed by atoms with Gasteiger partial charge in [-0.3, -0.25) is 20.2 Å². The van der Waals surface area contributed by atoms with Gasteiger partial charge in [-0.15, -0.1) is 0 Å². The fourth-order valence-corrected chi connectivity index (χ4v) is 5.66. The number of nitro groups is 1. The number of fused-ring (bicyclic) bond motifs is 2. The van der Waals surface area contributed by atoms with Crippen molar-refractivity contribution in [1.82, 2.24) is 5.32 Å². The van der Waals surface area contributed by atoms with E-state index in [2.05, 4.69) is 10.6 Å². The van der Waals surface area contributed by atoms with Gasteiger partial charge >= 0.3 is 0 Å². The van der Waals surface area contributed by atoms with E-state index in [0.717, 1.165) is 0 Å². The van der Waals surface area contributed by atoms with Gasteiger partial charge in [0.2, 0.25) is 0 Å². The van der Waals surface area contributed by atoms with E-state index in [1.165, 1.54) is 13.2 Å². The number of carbonyl (C=O) groups excluding carboxylic acids is 1. The first-order valence-electron chi connectivity index (χ1n) is 11.3. The Morgan fingerprint density at radius 2 is 1.89 bits per heavy atom. The molecule has 0 aromatic heterocycles. The molecule has 2 N–H and O–H groups in total. The summed E-state index contributed by atoms with van der Waals surface area (Å²) >= 11 is 6.57. The van der Waals surface area contributed by atoms with Crippen molar-refractivity contribution in [3.8, 4) is 11.5 Å². The Morgan fingerprint density at radius 1 is 1.17 bits per heavy atom. The summed E-state index contributed by atoms with van der Waals surface area (Å²) in [6.45, 7) is 1.72. The largest absolute Gasteiger partial charge is 0.493 e. The summed E-state index contributed by atoms with van der Waals surface area (Å²) in [6.07, 6.45) is 0. The van der Waals surface area contributed by atoms with Gasteiger partial charge in [-0.2, -0.15) is 0 Å². The number of anilines is 1. The summed E-state index contributed by atoms with van der Waals surface area (Å²) in [5.41, 5.74) is 0.403. The molecule has 5 rings (SSSR count). The van der Waals surface area contributed by atoms with Crippen LogP contribution >= 0.6 is 11.6 Å². The number of nitrogens with zero attached hydrogens (tertiary/aromatic N) is 1. The molecule has 0 saturated carbocycles. The van der Waals surface area contributed by atoms with E-state index in [9.17, 15) is 19.3 Å². The van der Waals surface area contributed by atoms with Crippen LogP contribution in [0.1, 0.15) is 29.5 Å². The number of hydrogen-bond donors (Lipinski definition) is 2. The third kappa shape index (κ3) is 3.66. The molecule has 36 heavy (non-hydrogen) atoms. The standard InChI is InChI=1S/C26H23ClFN3O5/c1-14-22(24(31(33)34)26(30-14)17-8-4-6-10-20(17)29-25(26)32)16-11-18(27)23(21(12-16)35-2)36-13-15-7-3-5-9-19(15)28/h3-12,14,22,24,30H,13H2,1-2H3,(H,29,32)/t14-,22-,24+,26+/m0/s1. The maximum Gasteiger partial charge on any atom is 0.256 e. The first kappa shape index (κ1) is 24.0. The van der Waals surface area contributed by atoms with Crippen LogP contribution in [0.25, 0.3) is 0 Å². The van der Waals surface area contributed by atoms with Crippen LogP contribution < -0.4 is 20.1 Å². The molecule has 10 heteroatoms. The summed E-state index contributed by atoms with van der Waals surface area (Å²) in [5.74, 6) is -1.16. The van der Waals surface area contributed by atoms with E-state index in [1.807, 2.05) is 0 Å². The van der Waals surface area contributed by atoms with Gasteiger partial charge in [0.05, 0.1) is 18.1 Å². The molecule has 3 aromatic carbocycles. The van der Waals surface area contributed by atoms with Gasteiger partial charge in [-0.25, -0.2) is 4.39 Å². The SMILES string of the molecule is COc1cc([C@@H]2[C@H](C)N[C@@]3(C(=O)Nc4ccccc43)[C@@H]2[N+](=O)[O-])cc(Cl)c1OCc1ccccc1F. The number of halogens is 2. The highest BCUT2D eigenvalue weighted by Crippen LogP contribution is 2.51. The third-order valence-electron chi connectivity index (χ3n) is 6.93. The monoisotopic (exact) mass is 511 g/mol. The van der Waals surface area contributed by atoms with Crippen molar-refractivity contribution < 1.29 is 23.6 Å². The molecule has 1 fully saturated rings. The maximum atomic E-state index is 14.0. The fourth-order valence-electron chi connectivity index (χ4n) is 5.39. The molecule has 186 valence electrons. The number of hydrogen-bond acceptors (Lipinski definition) is 6. The van der Waals surface area contributed by atoms with Gasteiger partial charge in [-0.05, 0) is 36.8 Å². The van der Waals surface area contributed by atoms with Gasteiger partial charge in [0.1, 0.15) is 12.4 Å². The first-order chi connectivity index (χ1) is 17.3. The van der Waals surface area contributed by atoms with Crippen LogP contribution in [0.5, 0.6) is 11.5 Å². The van der Waals surface area contributed by atoms with Gasteiger partial charge in [0, 0.05) is 27.8 Å². The minimum atomic E-state index is -1.54. The summed E-state index contributed by atoms with van der Waals surface area (Å²) in [5, 5.41) is 18.7. The third-order valence-corrected chi connectivity index (χ3v) is 7.21. The number of benzene rings is 3. The van der Waals surface area contributed by atoms with Crippen LogP contribution in [0.15, 0.2) is 60.7 Å². The van der Waals surface area contributed by atoms with Gasteiger partial charge < -0.3 is 14.8 Å². The number of rotatable bonds is 6. The molecule has 2 heterocycles. The lowest BCUT2D eigenvalue weighted by Crippen LogP contribution is -2.54. The number of amides is 1. The molecule has 3 aromatic rings. The quantitative estimate of drug-likeness (QED) is 0.369. The second kappa shape index (κ2) is 9.07. The van der Waals surface area contributed by atoms with Gasteiger partial charge in [0.25, 0.3) is 11.9 Å². The maximum absolute atomic E-state index is 14.0. The normalized spacial score (nSPS) is 24.4. The molecule has 1 spiro atoms. The van der Waals surface area contributed by atoms with E-state index in [-0.39, 0.29) is 23.1 Å². The lowest BCUT2D eigenvalue weighted by molar-refractivity contribution is -0.532. The predicted octanol–water partition coefficient (Wildman–Crippen LogP) is 4.63. The van der Waals surface area contributed by atoms with Crippen LogP contribution in [0.4, 0.5) is 10.1 Å². The zero-order valence-corrected chi connectivity index (χ0v) is 20.2. The lowest BCUT2D eigenvalue weighted by Gasteiger charge is -2.25. The molecule has 8 nitrogen and oxygen atoms in total. The van der Waals surface area contributed by atoms with Crippen molar-refractivity contribution in [3.05, 3.63) is 98.3 Å². The summed E-state index contributed by atoms with van der Waals surface area (Å²) in [6, 6.07) is 14.6. The Hall–Kier alpha value is -3.69. The minimum Gasteiger partial charge on any atom is -0.493 e. The molecular formula is C26H23ClFN3O5. The zero-order valence-electron chi connectivity index (χ0n) is 19.5. The highest BCUT2D eigenvalue weighted by Gasteiger charge is 2.67. The molecule has 2 aliphatic rings. The van der Waals surface area contributed by atoms with E-state index in [0.29, 0.717) is 22.4 Å². The van der Waals surface area contributed by atoms with Crippen LogP contribution in [0.2, 0.25) is 5.02 Å². The number of carbonyl (C=O) groups is 1. The molecular weight excluding hydrogens is 489 g/mol. The summed E-state index contributed by atoms with van der Waals surface area (Å²) in [4.78, 5) is 25.3. The molecule has 0 unspecified atom stereocenters.